The fraction of sp³-hybridized carbons (Fsp3) is 0.222. The van der Waals surface area contributed by atoms with Crippen LogP contribution >= 0.6 is 0 Å². The van der Waals surface area contributed by atoms with Crippen LogP contribution < -0.4 is 0 Å². The minimum Gasteiger partial charge on any atom is -0.236 e. The molecule has 1 rings (SSSR count). The van der Waals surface area contributed by atoms with Gasteiger partial charge in [0.15, 0.2) is 5.82 Å². The molecule has 1 aromatic rings. The van der Waals surface area contributed by atoms with Crippen LogP contribution in [-0.2, 0) is 0 Å². The van der Waals surface area contributed by atoms with Gasteiger partial charge >= 0.3 is 0 Å². The fourth-order valence-corrected chi connectivity index (χ4v) is 0.719. The number of hydrogen-bond donors (Lipinski definition) is 0. The predicted molar refractivity (Wildman–Crippen MR) is 46.1 cm³/mol. The minimum atomic E-state index is 0.489. The predicted octanol–water partition coefficient (Wildman–Crippen LogP) is 1.77. The molecule has 0 saturated carbocycles. The third kappa shape index (κ3) is 1.67. The molecule has 0 atom stereocenters. The molecule has 0 aliphatic heterocycles. The number of rotatable bonds is 1. The quantitative estimate of drug-likeness (QED) is 0.627. The third-order valence-corrected chi connectivity index (χ3v) is 1.57. The number of aromatic nitrogens is 2. The van der Waals surface area contributed by atoms with Gasteiger partial charge in [0.05, 0.1) is 5.56 Å². The molecule has 0 amide bonds. The molecule has 0 bridgehead atoms. The summed E-state index contributed by atoms with van der Waals surface area (Å²) in [5.74, 6) is 0.677. The maximum absolute atomic E-state index is 8.48. The van der Waals surface area contributed by atoms with Gasteiger partial charge in [-0.3, -0.25) is 0 Å². The Morgan fingerprint density at radius 2 is 2.08 bits per heavy atom. The van der Waals surface area contributed by atoms with Crippen LogP contribution in [0.5, 0.6) is 0 Å². The molecule has 3 heteroatoms. The van der Waals surface area contributed by atoms with E-state index in [1.807, 2.05) is 26.0 Å². The van der Waals surface area contributed by atoms with E-state index >= 15 is 0 Å². The van der Waals surface area contributed by atoms with Gasteiger partial charge in [-0.25, -0.2) is 9.97 Å². The van der Waals surface area contributed by atoms with Crippen LogP contribution in [0.4, 0.5) is 0 Å². The second kappa shape index (κ2) is 3.63. The van der Waals surface area contributed by atoms with Crippen molar-refractivity contribution in [3.8, 4) is 6.07 Å². The summed E-state index contributed by atoms with van der Waals surface area (Å²) < 4.78 is 0. The summed E-state index contributed by atoms with van der Waals surface area (Å²) in [5, 5.41) is 8.48. The summed E-state index contributed by atoms with van der Waals surface area (Å²) in [6.45, 7) is 3.86. The van der Waals surface area contributed by atoms with Crippen molar-refractivity contribution in [1.82, 2.24) is 9.97 Å². The first-order chi connectivity index (χ1) is 5.77. The highest BCUT2D eigenvalue weighted by Gasteiger charge is 1.97. The molecule has 0 fully saturated rings. The lowest BCUT2D eigenvalue weighted by atomic mass is 10.2. The van der Waals surface area contributed by atoms with E-state index < -0.39 is 0 Å². The van der Waals surface area contributed by atoms with Gasteiger partial charge in [0.2, 0.25) is 0 Å². The first-order valence-corrected chi connectivity index (χ1v) is 3.63. The molecule has 1 heterocycles. The van der Waals surface area contributed by atoms with E-state index in [1.54, 1.807) is 0 Å². The molecule has 0 radical (unpaired) electrons. The van der Waals surface area contributed by atoms with E-state index in [2.05, 4.69) is 9.97 Å². The lowest BCUT2D eigenvalue weighted by molar-refractivity contribution is 1.10. The molecule has 60 valence electrons. The highest BCUT2D eigenvalue weighted by atomic mass is 14.9. The maximum Gasteiger partial charge on any atom is 0.154 e. The minimum absolute atomic E-state index is 0.489. The van der Waals surface area contributed by atoms with Gasteiger partial charge < -0.3 is 0 Å². The zero-order valence-corrected chi connectivity index (χ0v) is 7.07. The van der Waals surface area contributed by atoms with Crippen molar-refractivity contribution in [2.24, 2.45) is 0 Å². The molecule has 1 aromatic heterocycles. The van der Waals surface area contributed by atoms with Crippen molar-refractivity contribution in [2.45, 2.75) is 13.8 Å². The van der Waals surface area contributed by atoms with Crippen LogP contribution in [0.2, 0.25) is 0 Å². The van der Waals surface area contributed by atoms with Gasteiger partial charge in [-0.1, -0.05) is 6.08 Å². The summed E-state index contributed by atoms with van der Waals surface area (Å²) >= 11 is 0. The van der Waals surface area contributed by atoms with Gasteiger partial charge in [-0.15, -0.1) is 0 Å². The van der Waals surface area contributed by atoms with Crippen molar-refractivity contribution in [3.63, 3.8) is 0 Å². The average molecular weight is 159 g/mol. The fourth-order valence-electron chi connectivity index (χ4n) is 0.719. The zero-order chi connectivity index (χ0) is 8.97. The van der Waals surface area contributed by atoms with Crippen LogP contribution in [0.15, 0.2) is 18.5 Å². The van der Waals surface area contributed by atoms with Crippen LogP contribution in [0.1, 0.15) is 25.2 Å². The Morgan fingerprint density at radius 3 is 2.50 bits per heavy atom. The van der Waals surface area contributed by atoms with Crippen molar-refractivity contribution < 1.29 is 0 Å². The number of allylic oxidation sites excluding steroid dienone is 2. The SMILES string of the molecule is CC=C(C)c1ncc(C#N)cn1. The Balaban J connectivity index is 3.02. The molecule has 0 N–H and O–H groups in total. The Labute approximate surface area is 71.4 Å². The van der Waals surface area contributed by atoms with Crippen molar-refractivity contribution in [3.05, 3.63) is 29.9 Å². The van der Waals surface area contributed by atoms with Gasteiger partial charge in [0.25, 0.3) is 0 Å². The van der Waals surface area contributed by atoms with Gasteiger partial charge in [0.1, 0.15) is 6.07 Å². The van der Waals surface area contributed by atoms with Crippen molar-refractivity contribution in [1.29, 1.82) is 5.26 Å². The van der Waals surface area contributed by atoms with Crippen LogP contribution in [-0.4, -0.2) is 9.97 Å². The Hall–Kier alpha value is -1.69. The summed E-state index contributed by atoms with van der Waals surface area (Å²) in [5.41, 5.74) is 1.50. The number of nitrogens with zero attached hydrogens (tertiary/aromatic N) is 3. The Kier molecular flexibility index (Phi) is 2.54. The smallest absolute Gasteiger partial charge is 0.154 e. The standard InChI is InChI=1S/C9H9N3/c1-3-7(2)9-11-5-8(4-10)6-12-9/h3,5-6H,1-2H3. The van der Waals surface area contributed by atoms with E-state index in [-0.39, 0.29) is 0 Å². The summed E-state index contributed by atoms with van der Waals surface area (Å²) in [7, 11) is 0. The zero-order valence-electron chi connectivity index (χ0n) is 7.07. The highest BCUT2D eigenvalue weighted by Crippen LogP contribution is 2.06. The molecule has 0 saturated heterocycles. The maximum atomic E-state index is 8.48. The molecule has 12 heavy (non-hydrogen) atoms. The Morgan fingerprint density at radius 1 is 1.50 bits per heavy atom. The molecule has 0 aliphatic rings. The van der Waals surface area contributed by atoms with E-state index in [0.717, 1.165) is 5.57 Å². The molecule has 3 nitrogen and oxygen atoms in total. The molecule has 0 aromatic carbocycles. The van der Waals surface area contributed by atoms with Gasteiger partial charge in [0, 0.05) is 12.4 Å². The normalized spacial score (nSPS) is 10.9. The molecule has 0 unspecified atom stereocenters. The second-order valence-corrected chi connectivity index (χ2v) is 2.38. The topological polar surface area (TPSA) is 49.6 Å². The first-order valence-electron chi connectivity index (χ1n) is 3.63. The van der Waals surface area contributed by atoms with Gasteiger partial charge in [-0.05, 0) is 19.4 Å². The summed E-state index contributed by atoms with van der Waals surface area (Å²) in [6, 6.07) is 1.97. The van der Waals surface area contributed by atoms with Crippen molar-refractivity contribution >= 4 is 5.57 Å². The molecular formula is C9H9N3. The van der Waals surface area contributed by atoms with E-state index in [1.165, 1.54) is 12.4 Å². The van der Waals surface area contributed by atoms with E-state index in [0.29, 0.717) is 11.4 Å². The van der Waals surface area contributed by atoms with Crippen molar-refractivity contribution in [2.75, 3.05) is 0 Å². The lowest BCUT2D eigenvalue weighted by Gasteiger charge is -1.96. The first kappa shape index (κ1) is 8.41. The third-order valence-electron chi connectivity index (χ3n) is 1.57. The number of hydrogen-bond acceptors (Lipinski definition) is 3. The lowest BCUT2D eigenvalue weighted by Crippen LogP contribution is -1.91. The molecule has 0 aliphatic carbocycles. The van der Waals surface area contributed by atoms with E-state index in [4.69, 9.17) is 5.26 Å². The molecular weight excluding hydrogens is 150 g/mol. The highest BCUT2D eigenvalue weighted by molar-refractivity contribution is 5.56. The summed E-state index contributed by atoms with van der Waals surface area (Å²) in [6.07, 6.45) is 4.98. The monoisotopic (exact) mass is 159 g/mol. The van der Waals surface area contributed by atoms with Crippen LogP contribution in [0.3, 0.4) is 0 Å². The number of nitriles is 1. The second-order valence-electron chi connectivity index (χ2n) is 2.38. The van der Waals surface area contributed by atoms with Gasteiger partial charge in [-0.2, -0.15) is 5.26 Å². The van der Waals surface area contributed by atoms with Crippen LogP contribution in [0, 0.1) is 11.3 Å². The largest absolute Gasteiger partial charge is 0.236 e. The average Bonchev–Trinajstić information content (AvgIpc) is 2.17. The molecule has 0 spiro atoms. The Bertz CT molecular complexity index is 330. The summed E-state index contributed by atoms with van der Waals surface area (Å²) in [4.78, 5) is 8.04. The van der Waals surface area contributed by atoms with E-state index in [9.17, 15) is 0 Å². The van der Waals surface area contributed by atoms with Crippen LogP contribution in [0.25, 0.3) is 5.57 Å².